The van der Waals surface area contributed by atoms with E-state index in [1.54, 1.807) is 11.2 Å². The number of sulfonamides is 1. The highest BCUT2D eigenvalue weighted by Crippen LogP contribution is 2.30. The van der Waals surface area contributed by atoms with Crippen molar-refractivity contribution in [3.63, 3.8) is 0 Å². The molecule has 122 valence electrons. The molecule has 1 aromatic heterocycles. The fraction of sp³-hybridized carbons (Fsp3) is 0.786. The number of thiazole rings is 1. The molecule has 0 bridgehead atoms. The normalized spacial score (nSPS) is 12.8. The van der Waals surface area contributed by atoms with Crippen LogP contribution >= 0.6 is 22.9 Å². The fourth-order valence-corrected chi connectivity index (χ4v) is 5.21. The highest BCUT2D eigenvalue weighted by atomic mass is 35.5. The molecule has 0 aliphatic carbocycles. The van der Waals surface area contributed by atoms with Crippen LogP contribution in [0.5, 0.6) is 0 Å². The Morgan fingerprint density at radius 1 is 1.14 bits per heavy atom. The quantitative estimate of drug-likeness (QED) is 0.704. The van der Waals surface area contributed by atoms with Gasteiger partial charge in [0, 0.05) is 13.1 Å². The molecule has 0 fully saturated rings. The standard InChI is InChI=1S/C14H25ClN2O2S2/c1-10(2)6-8-17(9-7-11(3)4)21(18,19)13-12(5)16-14(15)20-13/h10-11H,6-9H2,1-5H3. The van der Waals surface area contributed by atoms with E-state index in [-0.39, 0.29) is 8.68 Å². The second kappa shape index (κ2) is 7.90. The molecule has 4 nitrogen and oxygen atoms in total. The lowest BCUT2D eigenvalue weighted by molar-refractivity contribution is 0.357. The molecule has 1 rings (SSSR count). The number of rotatable bonds is 8. The molecule has 0 aliphatic rings. The van der Waals surface area contributed by atoms with Crippen molar-refractivity contribution in [2.75, 3.05) is 13.1 Å². The Bertz CT molecular complexity index is 541. The first-order valence-corrected chi connectivity index (χ1v) is 9.91. The predicted molar refractivity (Wildman–Crippen MR) is 89.5 cm³/mol. The van der Waals surface area contributed by atoms with Gasteiger partial charge in [-0.3, -0.25) is 0 Å². The summed E-state index contributed by atoms with van der Waals surface area (Å²) in [6.07, 6.45) is 1.70. The Balaban J connectivity index is 3.01. The zero-order chi connectivity index (χ0) is 16.2. The van der Waals surface area contributed by atoms with Crippen LogP contribution in [0.1, 0.15) is 46.2 Å². The predicted octanol–water partition coefficient (Wildman–Crippen LogP) is 4.19. The Hall–Kier alpha value is -0.170. The maximum absolute atomic E-state index is 12.8. The number of hydrogen-bond acceptors (Lipinski definition) is 4. The summed E-state index contributed by atoms with van der Waals surface area (Å²) in [6.45, 7) is 11.2. The van der Waals surface area contributed by atoms with Crippen LogP contribution < -0.4 is 0 Å². The van der Waals surface area contributed by atoms with Gasteiger partial charge in [-0.1, -0.05) is 50.6 Å². The van der Waals surface area contributed by atoms with Crippen LogP contribution in [-0.4, -0.2) is 30.8 Å². The van der Waals surface area contributed by atoms with E-state index in [4.69, 9.17) is 11.6 Å². The molecule has 21 heavy (non-hydrogen) atoms. The summed E-state index contributed by atoms with van der Waals surface area (Å²) in [5.74, 6) is 0.931. The summed E-state index contributed by atoms with van der Waals surface area (Å²) >= 11 is 6.90. The molecule has 0 atom stereocenters. The van der Waals surface area contributed by atoms with E-state index in [1.165, 1.54) is 0 Å². The highest BCUT2D eigenvalue weighted by molar-refractivity contribution is 7.91. The largest absolute Gasteiger partial charge is 0.254 e. The van der Waals surface area contributed by atoms with Crippen molar-refractivity contribution in [1.29, 1.82) is 0 Å². The third-order valence-electron chi connectivity index (χ3n) is 3.21. The zero-order valence-electron chi connectivity index (χ0n) is 13.4. The van der Waals surface area contributed by atoms with Gasteiger partial charge in [0.15, 0.2) is 8.68 Å². The average molecular weight is 353 g/mol. The maximum atomic E-state index is 12.8. The molecule has 0 saturated carbocycles. The van der Waals surface area contributed by atoms with Crippen molar-refractivity contribution in [2.24, 2.45) is 11.8 Å². The fourth-order valence-electron chi connectivity index (χ4n) is 1.86. The van der Waals surface area contributed by atoms with Gasteiger partial charge in [-0.05, 0) is 31.6 Å². The first kappa shape index (κ1) is 18.9. The van der Waals surface area contributed by atoms with Gasteiger partial charge in [0.1, 0.15) is 0 Å². The molecule has 7 heteroatoms. The van der Waals surface area contributed by atoms with Gasteiger partial charge in [0.2, 0.25) is 0 Å². The third kappa shape index (κ3) is 5.51. The van der Waals surface area contributed by atoms with Gasteiger partial charge < -0.3 is 0 Å². The third-order valence-corrected chi connectivity index (χ3v) is 6.96. The minimum absolute atomic E-state index is 0.277. The van der Waals surface area contributed by atoms with Crippen LogP contribution in [0.3, 0.4) is 0 Å². The van der Waals surface area contributed by atoms with E-state index < -0.39 is 10.0 Å². The van der Waals surface area contributed by atoms with Crippen molar-refractivity contribution in [3.05, 3.63) is 10.2 Å². The molecule has 0 amide bonds. The number of hydrogen-bond donors (Lipinski definition) is 0. The topological polar surface area (TPSA) is 50.3 Å². The summed E-state index contributed by atoms with van der Waals surface area (Å²) in [6, 6.07) is 0. The zero-order valence-corrected chi connectivity index (χ0v) is 15.8. The Morgan fingerprint density at radius 2 is 1.62 bits per heavy atom. The maximum Gasteiger partial charge on any atom is 0.254 e. The van der Waals surface area contributed by atoms with Crippen LogP contribution in [0.2, 0.25) is 4.47 Å². The van der Waals surface area contributed by atoms with Gasteiger partial charge in [-0.25, -0.2) is 13.4 Å². The minimum atomic E-state index is -3.50. The monoisotopic (exact) mass is 352 g/mol. The van der Waals surface area contributed by atoms with E-state index in [2.05, 4.69) is 32.7 Å². The first-order valence-electron chi connectivity index (χ1n) is 7.27. The lowest BCUT2D eigenvalue weighted by atomic mass is 10.1. The van der Waals surface area contributed by atoms with E-state index in [9.17, 15) is 8.42 Å². The second-order valence-corrected chi connectivity index (χ2v) is 9.82. The van der Waals surface area contributed by atoms with Crippen LogP contribution in [0.4, 0.5) is 0 Å². The second-order valence-electron chi connectivity index (χ2n) is 6.11. The summed E-state index contributed by atoms with van der Waals surface area (Å²) < 4.78 is 27.8. The minimum Gasteiger partial charge on any atom is -0.229 e. The number of halogens is 1. The van der Waals surface area contributed by atoms with E-state index >= 15 is 0 Å². The molecule has 0 spiro atoms. The van der Waals surface area contributed by atoms with Crippen LogP contribution in [0, 0.1) is 18.8 Å². The average Bonchev–Trinajstić information content (AvgIpc) is 2.68. The van der Waals surface area contributed by atoms with E-state index in [1.807, 2.05) is 0 Å². The molecule has 0 aromatic carbocycles. The van der Waals surface area contributed by atoms with Crippen LogP contribution in [0.15, 0.2) is 4.21 Å². The Kier molecular flexibility index (Phi) is 7.10. The molecule has 0 radical (unpaired) electrons. The number of aromatic nitrogens is 1. The molecule has 1 heterocycles. The summed E-state index contributed by atoms with van der Waals surface area (Å²) in [5, 5.41) is 0. The van der Waals surface area contributed by atoms with Gasteiger partial charge in [-0.15, -0.1) is 0 Å². The first-order chi connectivity index (χ1) is 9.64. The van der Waals surface area contributed by atoms with Gasteiger partial charge in [0.25, 0.3) is 10.0 Å². The van der Waals surface area contributed by atoms with Crippen molar-refractivity contribution in [2.45, 2.75) is 51.7 Å². The summed E-state index contributed by atoms with van der Waals surface area (Å²) in [4.78, 5) is 4.03. The molecular formula is C14H25ClN2O2S2. The summed E-state index contributed by atoms with van der Waals surface area (Å²) in [5.41, 5.74) is 0.490. The lowest BCUT2D eigenvalue weighted by Crippen LogP contribution is -2.34. The smallest absolute Gasteiger partial charge is 0.229 e. The number of aryl methyl sites for hydroxylation is 1. The lowest BCUT2D eigenvalue weighted by Gasteiger charge is -2.23. The van der Waals surface area contributed by atoms with Crippen molar-refractivity contribution in [3.8, 4) is 0 Å². The molecule has 1 aromatic rings. The SMILES string of the molecule is Cc1nc(Cl)sc1S(=O)(=O)N(CCC(C)C)CCC(C)C. The summed E-state index contributed by atoms with van der Waals surface area (Å²) in [7, 11) is -3.50. The Labute approximate surface area is 137 Å². The molecule has 0 N–H and O–H groups in total. The van der Waals surface area contributed by atoms with E-state index in [0.29, 0.717) is 30.6 Å². The molecule has 0 aliphatic heterocycles. The van der Waals surface area contributed by atoms with Gasteiger partial charge in [-0.2, -0.15) is 4.31 Å². The highest BCUT2D eigenvalue weighted by Gasteiger charge is 2.28. The number of nitrogens with zero attached hydrogens (tertiary/aromatic N) is 2. The molecule has 0 unspecified atom stereocenters. The van der Waals surface area contributed by atoms with Gasteiger partial charge >= 0.3 is 0 Å². The molecular weight excluding hydrogens is 328 g/mol. The van der Waals surface area contributed by atoms with Crippen LogP contribution in [-0.2, 0) is 10.0 Å². The van der Waals surface area contributed by atoms with Crippen molar-refractivity contribution >= 4 is 33.0 Å². The van der Waals surface area contributed by atoms with Crippen LogP contribution in [0.25, 0.3) is 0 Å². The van der Waals surface area contributed by atoms with Crippen molar-refractivity contribution < 1.29 is 8.42 Å². The molecule has 0 saturated heterocycles. The van der Waals surface area contributed by atoms with E-state index in [0.717, 1.165) is 24.2 Å². The van der Waals surface area contributed by atoms with Gasteiger partial charge in [0.05, 0.1) is 5.69 Å². The Morgan fingerprint density at radius 3 is 1.95 bits per heavy atom. The van der Waals surface area contributed by atoms with Crippen molar-refractivity contribution in [1.82, 2.24) is 9.29 Å².